The van der Waals surface area contributed by atoms with Crippen molar-refractivity contribution >= 4 is 11.6 Å². The summed E-state index contributed by atoms with van der Waals surface area (Å²) in [6, 6.07) is 5.78. The molecule has 17 heavy (non-hydrogen) atoms. The first-order chi connectivity index (χ1) is 8.31. The summed E-state index contributed by atoms with van der Waals surface area (Å²) in [5.74, 6) is 1.82. The molecule has 0 heterocycles. The van der Waals surface area contributed by atoms with Gasteiger partial charge in [-0.05, 0) is 31.0 Å². The fraction of sp³-hybridized carbons (Fsp3) is 0.571. The molecule has 0 bridgehead atoms. The van der Waals surface area contributed by atoms with Gasteiger partial charge < -0.3 is 10.1 Å². The van der Waals surface area contributed by atoms with Gasteiger partial charge >= 0.3 is 0 Å². The number of rotatable bonds is 6. The highest BCUT2D eigenvalue weighted by Gasteiger charge is 2.16. The van der Waals surface area contributed by atoms with Crippen LogP contribution in [-0.2, 0) is 6.54 Å². The normalized spacial score (nSPS) is 15.6. The second-order valence-corrected chi connectivity index (χ2v) is 5.09. The van der Waals surface area contributed by atoms with Crippen LogP contribution in [0.1, 0.15) is 31.2 Å². The van der Waals surface area contributed by atoms with Gasteiger partial charge in [0, 0.05) is 17.1 Å². The van der Waals surface area contributed by atoms with Crippen molar-refractivity contribution in [2.75, 3.05) is 13.7 Å². The molecule has 0 spiro atoms. The summed E-state index contributed by atoms with van der Waals surface area (Å²) >= 11 is 6.17. The molecule has 1 aliphatic rings. The van der Waals surface area contributed by atoms with Crippen LogP contribution in [0.3, 0.4) is 0 Å². The van der Waals surface area contributed by atoms with Gasteiger partial charge in [-0.1, -0.05) is 36.9 Å². The molecule has 94 valence electrons. The first-order valence-electron chi connectivity index (χ1n) is 6.33. The third-order valence-corrected chi connectivity index (χ3v) is 3.91. The molecule has 0 aliphatic heterocycles. The summed E-state index contributed by atoms with van der Waals surface area (Å²) < 4.78 is 5.31. The van der Waals surface area contributed by atoms with Crippen LogP contribution in [0.15, 0.2) is 18.2 Å². The van der Waals surface area contributed by atoms with Crippen molar-refractivity contribution in [3.63, 3.8) is 0 Å². The van der Waals surface area contributed by atoms with E-state index in [2.05, 4.69) is 5.32 Å². The minimum Gasteiger partial charge on any atom is -0.496 e. The van der Waals surface area contributed by atoms with E-state index in [1.807, 2.05) is 18.2 Å². The molecule has 1 aliphatic carbocycles. The number of ether oxygens (including phenoxy) is 1. The Morgan fingerprint density at radius 3 is 2.88 bits per heavy atom. The van der Waals surface area contributed by atoms with E-state index in [0.29, 0.717) is 0 Å². The van der Waals surface area contributed by atoms with E-state index < -0.39 is 0 Å². The summed E-state index contributed by atoms with van der Waals surface area (Å²) in [5.41, 5.74) is 1.06. The van der Waals surface area contributed by atoms with Gasteiger partial charge in [0.15, 0.2) is 0 Å². The van der Waals surface area contributed by atoms with Gasteiger partial charge in [-0.3, -0.25) is 0 Å². The fourth-order valence-electron chi connectivity index (χ4n) is 2.20. The maximum Gasteiger partial charge on any atom is 0.124 e. The molecule has 2 rings (SSSR count). The molecule has 0 aromatic heterocycles. The lowest BCUT2D eigenvalue weighted by Gasteiger charge is -2.25. The lowest BCUT2D eigenvalue weighted by atomic mass is 9.83. The Kier molecular flexibility index (Phi) is 4.69. The predicted octanol–water partition coefficient (Wildman–Crippen LogP) is 3.63. The topological polar surface area (TPSA) is 21.3 Å². The average Bonchev–Trinajstić information content (AvgIpc) is 2.28. The van der Waals surface area contributed by atoms with Crippen molar-refractivity contribution in [1.29, 1.82) is 0 Å². The molecular weight excluding hydrogens is 234 g/mol. The molecule has 0 radical (unpaired) electrons. The van der Waals surface area contributed by atoms with Gasteiger partial charge in [-0.2, -0.15) is 0 Å². The van der Waals surface area contributed by atoms with Gasteiger partial charge in [-0.25, -0.2) is 0 Å². The molecule has 3 heteroatoms. The molecule has 0 saturated heterocycles. The zero-order chi connectivity index (χ0) is 12.1. The van der Waals surface area contributed by atoms with Gasteiger partial charge in [0.1, 0.15) is 5.75 Å². The van der Waals surface area contributed by atoms with E-state index in [1.54, 1.807) is 7.11 Å². The summed E-state index contributed by atoms with van der Waals surface area (Å²) in [7, 11) is 1.68. The highest BCUT2D eigenvalue weighted by molar-refractivity contribution is 6.31. The van der Waals surface area contributed by atoms with Gasteiger partial charge in [0.25, 0.3) is 0 Å². The van der Waals surface area contributed by atoms with E-state index in [-0.39, 0.29) is 0 Å². The van der Waals surface area contributed by atoms with Crippen LogP contribution in [0.25, 0.3) is 0 Å². The molecule has 1 N–H and O–H groups in total. The number of nitrogens with one attached hydrogen (secondary N) is 1. The second-order valence-electron chi connectivity index (χ2n) is 4.68. The summed E-state index contributed by atoms with van der Waals surface area (Å²) in [6.45, 7) is 1.86. The van der Waals surface area contributed by atoms with E-state index in [0.717, 1.165) is 35.3 Å². The third-order valence-electron chi connectivity index (χ3n) is 3.55. The van der Waals surface area contributed by atoms with Gasteiger partial charge in [0.05, 0.1) is 7.11 Å². The molecule has 2 nitrogen and oxygen atoms in total. The van der Waals surface area contributed by atoms with Crippen molar-refractivity contribution in [1.82, 2.24) is 5.32 Å². The van der Waals surface area contributed by atoms with Crippen LogP contribution in [-0.4, -0.2) is 13.7 Å². The van der Waals surface area contributed by atoms with Crippen molar-refractivity contribution in [3.8, 4) is 5.75 Å². The minimum absolute atomic E-state index is 0.778. The van der Waals surface area contributed by atoms with E-state index in [9.17, 15) is 0 Å². The Hall–Kier alpha value is -0.730. The monoisotopic (exact) mass is 253 g/mol. The van der Waals surface area contributed by atoms with E-state index in [4.69, 9.17) is 16.3 Å². The third kappa shape index (κ3) is 3.36. The predicted molar refractivity (Wildman–Crippen MR) is 71.7 cm³/mol. The van der Waals surface area contributed by atoms with Crippen LogP contribution in [0.2, 0.25) is 5.02 Å². The highest BCUT2D eigenvalue weighted by Crippen LogP contribution is 2.29. The largest absolute Gasteiger partial charge is 0.496 e. The number of methoxy groups -OCH3 is 1. The molecule has 0 unspecified atom stereocenters. The number of hydrogen-bond acceptors (Lipinski definition) is 2. The molecule has 0 atom stereocenters. The fourth-order valence-corrected chi connectivity index (χ4v) is 2.44. The molecule has 1 aromatic rings. The van der Waals surface area contributed by atoms with Crippen LogP contribution in [0.5, 0.6) is 5.75 Å². The first-order valence-corrected chi connectivity index (χ1v) is 6.71. The van der Waals surface area contributed by atoms with Gasteiger partial charge in [0.2, 0.25) is 0 Å². The SMILES string of the molecule is COc1cccc(Cl)c1CNCCC1CCC1. The molecule has 0 amide bonds. The lowest BCUT2D eigenvalue weighted by molar-refractivity contribution is 0.292. The maximum absolute atomic E-state index is 6.17. The number of halogens is 1. The van der Waals surface area contributed by atoms with Gasteiger partial charge in [-0.15, -0.1) is 0 Å². The quantitative estimate of drug-likeness (QED) is 0.782. The van der Waals surface area contributed by atoms with Crippen LogP contribution in [0, 0.1) is 5.92 Å². The lowest BCUT2D eigenvalue weighted by Crippen LogP contribution is -2.21. The number of hydrogen-bond donors (Lipinski definition) is 1. The highest BCUT2D eigenvalue weighted by atomic mass is 35.5. The molecular formula is C14H20ClNO. The van der Waals surface area contributed by atoms with E-state index in [1.165, 1.54) is 25.7 Å². The smallest absolute Gasteiger partial charge is 0.124 e. The van der Waals surface area contributed by atoms with Crippen molar-refractivity contribution in [2.45, 2.75) is 32.2 Å². The molecule has 1 fully saturated rings. The van der Waals surface area contributed by atoms with Crippen LogP contribution >= 0.6 is 11.6 Å². The Balaban J connectivity index is 1.80. The average molecular weight is 254 g/mol. The minimum atomic E-state index is 0.778. The Labute approximate surface area is 108 Å². The molecule has 1 saturated carbocycles. The zero-order valence-corrected chi connectivity index (χ0v) is 11.1. The summed E-state index contributed by atoms with van der Waals surface area (Å²) in [6.07, 6.45) is 5.53. The number of benzene rings is 1. The Morgan fingerprint density at radius 1 is 1.41 bits per heavy atom. The van der Waals surface area contributed by atoms with Crippen LogP contribution in [0.4, 0.5) is 0 Å². The van der Waals surface area contributed by atoms with Crippen LogP contribution < -0.4 is 10.1 Å². The van der Waals surface area contributed by atoms with Crippen molar-refractivity contribution < 1.29 is 4.74 Å². The zero-order valence-electron chi connectivity index (χ0n) is 10.3. The second kappa shape index (κ2) is 6.27. The first kappa shape index (κ1) is 12.7. The Morgan fingerprint density at radius 2 is 2.24 bits per heavy atom. The summed E-state index contributed by atoms with van der Waals surface area (Å²) in [4.78, 5) is 0. The maximum atomic E-state index is 6.17. The Bertz CT molecular complexity index is 363. The standard InChI is InChI=1S/C14H20ClNO/c1-17-14-7-3-6-13(15)12(14)10-16-9-8-11-4-2-5-11/h3,6-7,11,16H,2,4-5,8-10H2,1H3. The van der Waals surface area contributed by atoms with Crippen molar-refractivity contribution in [3.05, 3.63) is 28.8 Å². The van der Waals surface area contributed by atoms with Crippen molar-refractivity contribution in [2.24, 2.45) is 5.92 Å². The molecule has 1 aromatic carbocycles. The van der Waals surface area contributed by atoms with E-state index >= 15 is 0 Å². The summed E-state index contributed by atoms with van der Waals surface area (Å²) in [5, 5.41) is 4.23.